The van der Waals surface area contributed by atoms with Crippen LogP contribution in [0.3, 0.4) is 0 Å². The first-order valence-corrected chi connectivity index (χ1v) is 22.8. The van der Waals surface area contributed by atoms with E-state index in [4.69, 9.17) is 0 Å². The van der Waals surface area contributed by atoms with Gasteiger partial charge in [-0.05, 0) is 47.7 Å². The zero-order valence-corrected chi connectivity index (χ0v) is 30.7. The Morgan fingerprint density at radius 2 is 0.444 bits per heavy atom. The molecule has 0 saturated carbocycles. The number of hydrogen-bond acceptors (Lipinski definition) is 0. The largest absolute Gasteiger partial charge is 0.0767 e. The molecule has 0 aromatic heterocycles. The summed E-state index contributed by atoms with van der Waals surface area (Å²) >= 11 is 4.64. The molecule has 6 aromatic carbocycles. The molecule has 0 fully saturated rings. The second kappa shape index (κ2) is 20.7. The van der Waals surface area contributed by atoms with Crippen LogP contribution in [0.25, 0.3) is 0 Å². The van der Waals surface area contributed by atoms with Crippen LogP contribution in [0.15, 0.2) is 206 Å². The number of hydrogen-bond donors (Lipinski definition) is 0. The first kappa shape index (κ1) is 34.6. The van der Waals surface area contributed by atoms with E-state index in [0.717, 1.165) is 0 Å². The molecule has 6 aromatic rings. The minimum Gasteiger partial charge on any atom is -0.0767 e. The van der Waals surface area contributed by atoms with E-state index >= 15 is 0 Å². The van der Waals surface area contributed by atoms with Gasteiger partial charge in [0.15, 0.2) is 0 Å². The van der Waals surface area contributed by atoms with Gasteiger partial charge < -0.3 is 0 Å². The third-order valence-electron chi connectivity index (χ3n) is 6.64. The van der Waals surface area contributed by atoms with Gasteiger partial charge >= 0.3 is 30.2 Å². The first-order chi connectivity index (χ1) is 22.4. The fraction of sp³-hybridized carbons (Fsp3) is 0. The van der Waals surface area contributed by atoms with Gasteiger partial charge in [0.05, 0.1) is 0 Å². The average Bonchev–Trinajstić information content (AvgIpc) is 3.74. The zero-order chi connectivity index (χ0) is 31.4. The Balaban J connectivity index is 0.000000169. The van der Waals surface area contributed by atoms with E-state index in [0.29, 0.717) is 0 Å². The van der Waals surface area contributed by atoms with Crippen LogP contribution >= 0.6 is 29.4 Å². The summed E-state index contributed by atoms with van der Waals surface area (Å²) in [6.07, 6.45) is 10.0. The van der Waals surface area contributed by atoms with Crippen LogP contribution in [0, 0.1) is 6.42 Å². The number of allylic oxidation sites excluding steroid dienone is 4. The van der Waals surface area contributed by atoms with E-state index in [-0.39, 0.29) is 0 Å². The van der Waals surface area contributed by atoms with Crippen LogP contribution < -0.4 is 31.8 Å². The molecule has 1 aliphatic carbocycles. The average molecular weight is 860 g/mol. The van der Waals surface area contributed by atoms with E-state index in [9.17, 15) is 0 Å². The third kappa shape index (κ3) is 11.3. The molecule has 224 valence electrons. The van der Waals surface area contributed by atoms with Gasteiger partial charge in [-0.15, -0.1) is 0 Å². The standard InChI is InChI=1S/2C18H15P.C5H5.BrH.Os/c2*1-4-10-16(11-5-1)19(17-12-6-2-7-13-17)18-14-8-3-9-15-18;1-2-4-5-3-1;;/h2*1-15H;1-5H;1H;/q;;;;+1/p-1. The van der Waals surface area contributed by atoms with Crippen molar-refractivity contribution in [2.45, 2.75) is 0 Å². The monoisotopic (exact) mass is 860 g/mol. The molecule has 0 atom stereocenters. The predicted molar refractivity (Wildman–Crippen MR) is 202 cm³/mol. The summed E-state index contributed by atoms with van der Waals surface area (Å²) in [6.45, 7) is 0. The van der Waals surface area contributed by atoms with Crippen molar-refractivity contribution in [1.29, 1.82) is 0 Å². The minimum atomic E-state index is -0.446. The molecule has 1 radical (unpaired) electrons. The van der Waals surface area contributed by atoms with E-state index in [1.165, 1.54) is 31.8 Å². The molecular formula is C41H35BrOsP2. The number of halogens is 1. The first-order valence-electron chi connectivity index (χ1n) is 14.6. The Bertz CT molecular complexity index is 1350. The Hall–Kier alpha value is -3.22. The fourth-order valence-corrected chi connectivity index (χ4v) is 9.29. The molecule has 45 heavy (non-hydrogen) atoms. The van der Waals surface area contributed by atoms with Crippen molar-refractivity contribution >= 4 is 61.2 Å². The Kier molecular flexibility index (Phi) is 16.0. The van der Waals surface area contributed by atoms with Gasteiger partial charge in [-0.1, -0.05) is 206 Å². The molecule has 0 spiro atoms. The fourth-order valence-electron chi connectivity index (χ4n) is 4.68. The van der Waals surface area contributed by atoms with Crippen LogP contribution in [-0.2, 0) is 16.6 Å². The van der Waals surface area contributed by atoms with Gasteiger partial charge in [-0.3, -0.25) is 0 Å². The normalized spacial score (nSPS) is 11.0. The van der Waals surface area contributed by atoms with Crippen LogP contribution in [0.4, 0.5) is 0 Å². The van der Waals surface area contributed by atoms with Gasteiger partial charge in [0.1, 0.15) is 0 Å². The molecule has 0 N–H and O–H groups in total. The van der Waals surface area contributed by atoms with Crippen LogP contribution in [0.1, 0.15) is 0 Å². The maximum atomic E-state index is 2.97. The van der Waals surface area contributed by atoms with E-state index < -0.39 is 15.8 Å². The van der Waals surface area contributed by atoms with Gasteiger partial charge in [0.25, 0.3) is 0 Å². The van der Waals surface area contributed by atoms with Crippen molar-refractivity contribution < 1.29 is 16.6 Å². The molecule has 4 heteroatoms. The zero-order valence-electron chi connectivity index (χ0n) is 24.8. The topological polar surface area (TPSA) is 0 Å². The summed E-state index contributed by atoms with van der Waals surface area (Å²) in [4.78, 5) is 0. The number of rotatable bonds is 6. The Morgan fingerprint density at radius 1 is 0.267 bits per heavy atom. The third-order valence-corrected chi connectivity index (χ3v) is 11.5. The number of benzene rings is 6. The Labute approximate surface area is 288 Å². The molecule has 7 rings (SSSR count). The minimum absolute atomic E-state index is 0.446. The quantitative estimate of drug-likeness (QED) is 0.147. The van der Waals surface area contributed by atoms with E-state index in [1.807, 2.05) is 30.7 Å². The predicted octanol–water partition coefficient (Wildman–Crippen LogP) is 9.05. The summed E-state index contributed by atoms with van der Waals surface area (Å²) in [6, 6.07) is 64.7. The van der Waals surface area contributed by atoms with E-state index in [1.54, 1.807) is 16.6 Å². The van der Waals surface area contributed by atoms with Crippen molar-refractivity contribution in [3.8, 4) is 0 Å². The van der Waals surface area contributed by atoms with Crippen molar-refractivity contribution in [2.75, 3.05) is 0 Å². The van der Waals surface area contributed by atoms with Gasteiger partial charge in [-0.2, -0.15) is 0 Å². The maximum absolute atomic E-state index is 2.97. The summed E-state index contributed by atoms with van der Waals surface area (Å²) in [5.74, 6) is 0. The summed E-state index contributed by atoms with van der Waals surface area (Å²) < 4.78 is 0. The summed E-state index contributed by atoms with van der Waals surface area (Å²) in [7, 11) is -0.892. The molecule has 0 nitrogen and oxygen atoms in total. The van der Waals surface area contributed by atoms with Gasteiger partial charge in [0.2, 0.25) is 0 Å². The molecule has 0 saturated heterocycles. The van der Waals surface area contributed by atoms with Crippen molar-refractivity contribution in [3.63, 3.8) is 0 Å². The molecule has 1 aliphatic rings. The van der Waals surface area contributed by atoms with Crippen LogP contribution in [0.5, 0.6) is 0 Å². The smallest absolute Gasteiger partial charge is 0.00506 e. The van der Waals surface area contributed by atoms with Gasteiger partial charge in [-0.25, -0.2) is 0 Å². The molecule has 0 amide bonds. The molecule has 0 heterocycles. The van der Waals surface area contributed by atoms with Crippen molar-refractivity contribution in [3.05, 3.63) is 213 Å². The second-order valence-corrected chi connectivity index (χ2v) is 14.1. The maximum Gasteiger partial charge on any atom is 0.00506 e. The summed E-state index contributed by atoms with van der Waals surface area (Å²) in [5.41, 5.74) is 0. The SMILES string of the molecule is [Br][Os].[CH]1C=CC=C1.c1ccc(P(c2ccccc2)c2ccccc2)cc1.c1ccc(P(c2ccccc2)c2ccccc2)cc1. The Morgan fingerprint density at radius 3 is 0.578 bits per heavy atom. The van der Waals surface area contributed by atoms with Crippen molar-refractivity contribution in [1.82, 2.24) is 0 Å². The van der Waals surface area contributed by atoms with Crippen LogP contribution in [0.2, 0.25) is 0 Å². The molecule has 0 aliphatic heterocycles. The van der Waals surface area contributed by atoms with Crippen molar-refractivity contribution in [2.24, 2.45) is 0 Å². The molecular weight excluding hydrogens is 825 g/mol. The summed E-state index contributed by atoms with van der Waals surface area (Å²) in [5, 5.41) is 8.39. The van der Waals surface area contributed by atoms with Crippen LogP contribution in [-0.4, -0.2) is 0 Å². The molecule has 0 bridgehead atoms. The van der Waals surface area contributed by atoms with Gasteiger partial charge in [0, 0.05) is 6.42 Å². The van der Waals surface area contributed by atoms with E-state index in [2.05, 4.69) is 196 Å². The second-order valence-electron chi connectivity index (χ2n) is 9.65. The molecule has 0 unspecified atom stereocenters.